The molecule has 0 spiro atoms. The minimum atomic E-state index is -1.31. The Balaban J connectivity index is 0.000000302. The summed E-state index contributed by atoms with van der Waals surface area (Å²) in [6.07, 6.45) is 19.7. The molecule has 1 N–H and O–H groups in total. The molecule has 0 aromatic heterocycles. The molecule has 3 fully saturated rings. The van der Waals surface area contributed by atoms with Gasteiger partial charge in [-0.25, -0.2) is 0 Å². The first kappa shape index (κ1) is 35.6. The highest BCUT2D eigenvalue weighted by Crippen LogP contribution is 2.67. The highest BCUT2D eigenvalue weighted by atomic mass is 28.4. The largest absolute Gasteiger partial charge is 0.455 e. The maximum Gasteiger partial charge on any atom is 0.173 e. The molecule has 0 saturated heterocycles. The van der Waals surface area contributed by atoms with Gasteiger partial charge in [-0.2, -0.15) is 0 Å². The molecule has 4 aliphatic rings. The predicted octanol–water partition coefficient (Wildman–Crippen LogP) is 11.6. The summed E-state index contributed by atoms with van der Waals surface area (Å²) in [5, 5.41) is 10.2. The molecule has 0 radical (unpaired) electrons. The lowest BCUT2D eigenvalue weighted by Crippen LogP contribution is -2.50. The molecular formula is C37H72O2Si2. The first-order valence-electron chi connectivity index (χ1n) is 18.2. The van der Waals surface area contributed by atoms with Crippen LogP contribution in [0.5, 0.6) is 0 Å². The van der Waals surface area contributed by atoms with Crippen LogP contribution in [0.1, 0.15) is 132 Å². The number of hydrogen-bond acceptors (Lipinski definition) is 2. The first-order valence-corrected chi connectivity index (χ1v) is 24.4. The molecule has 0 bridgehead atoms. The third-order valence-electron chi connectivity index (χ3n) is 12.5. The zero-order valence-electron chi connectivity index (χ0n) is 29.6. The van der Waals surface area contributed by atoms with Gasteiger partial charge in [0.05, 0.1) is 6.10 Å². The minimum absolute atomic E-state index is 0.0766. The van der Waals surface area contributed by atoms with Crippen molar-refractivity contribution in [2.75, 3.05) is 0 Å². The van der Waals surface area contributed by atoms with Crippen molar-refractivity contribution in [3.63, 3.8) is 0 Å². The molecule has 2 nitrogen and oxygen atoms in total. The van der Waals surface area contributed by atoms with Crippen molar-refractivity contribution in [2.45, 2.75) is 176 Å². The summed E-state index contributed by atoms with van der Waals surface area (Å²) in [6, 6.07) is 2.63. The molecule has 240 valence electrons. The summed E-state index contributed by atoms with van der Waals surface area (Å²) in [5.41, 5.74) is 2.60. The van der Waals surface area contributed by atoms with Crippen LogP contribution in [-0.2, 0) is 4.12 Å². The van der Waals surface area contributed by atoms with Gasteiger partial charge in [0.15, 0.2) is 16.6 Å². The summed E-state index contributed by atoms with van der Waals surface area (Å²) in [5.74, 6) is 5.46. The van der Waals surface area contributed by atoms with Gasteiger partial charge in [0.1, 0.15) is 0 Å². The first-order chi connectivity index (χ1) is 19.1. The summed E-state index contributed by atoms with van der Waals surface area (Å²) < 4.78 is 6.38. The molecule has 4 aliphatic carbocycles. The van der Waals surface area contributed by atoms with Gasteiger partial charge in [-0.15, -0.1) is 0 Å². The molecular weight excluding hydrogens is 533 g/mol. The molecule has 8 atom stereocenters. The average Bonchev–Trinajstić information content (AvgIpc) is 3.21. The molecule has 4 rings (SSSR count). The standard InChI is InChI=1S/C27H46O.C10H26OSi2/c1-18(2)7-6-8-19(3)23-11-12-24-22-10-9-20-17-21(28)13-15-26(20,4)25(22)14-16-27(23,24)5;1-7-9-12(3,4)11-13(5,6)10-8-2/h9,18-19,21-25,28H,6-8,10-17H2,1-5H3;7-10H2,1-6H3/t19-,21+,22+,23-,24+,25+,26+,27-;/m1./s1. The summed E-state index contributed by atoms with van der Waals surface area (Å²) in [7, 11) is -2.63. The van der Waals surface area contributed by atoms with E-state index in [2.05, 4.69) is 80.7 Å². The maximum absolute atomic E-state index is 10.2. The van der Waals surface area contributed by atoms with E-state index < -0.39 is 16.6 Å². The smallest absolute Gasteiger partial charge is 0.173 e. The van der Waals surface area contributed by atoms with Crippen molar-refractivity contribution in [1.82, 2.24) is 0 Å². The second-order valence-electron chi connectivity index (χ2n) is 17.3. The van der Waals surface area contributed by atoms with Crippen LogP contribution < -0.4 is 0 Å². The fourth-order valence-corrected chi connectivity index (χ4v) is 19.9. The third-order valence-corrected chi connectivity index (χ3v) is 20.4. The number of aliphatic hydroxyl groups excluding tert-OH is 1. The Kier molecular flexibility index (Phi) is 12.5. The Morgan fingerprint density at radius 3 is 2.10 bits per heavy atom. The van der Waals surface area contributed by atoms with Gasteiger partial charge < -0.3 is 9.22 Å². The number of allylic oxidation sites excluding steroid dienone is 1. The number of hydrogen-bond donors (Lipinski definition) is 1. The van der Waals surface area contributed by atoms with E-state index in [9.17, 15) is 5.11 Å². The molecule has 0 aliphatic heterocycles. The van der Waals surface area contributed by atoms with Crippen LogP contribution in [0, 0.1) is 46.3 Å². The van der Waals surface area contributed by atoms with Crippen LogP contribution in [-0.4, -0.2) is 27.8 Å². The van der Waals surface area contributed by atoms with E-state index in [-0.39, 0.29) is 6.10 Å². The normalized spacial score (nSPS) is 36.0. The lowest BCUT2D eigenvalue weighted by molar-refractivity contribution is -0.0573. The Morgan fingerprint density at radius 1 is 0.878 bits per heavy atom. The third kappa shape index (κ3) is 8.63. The van der Waals surface area contributed by atoms with Gasteiger partial charge in [-0.05, 0) is 136 Å². The van der Waals surface area contributed by atoms with Crippen molar-refractivity contribution >= 4 is 16.6 Å². The minimum Gasteiger partial charge on any atom is -0.455 e. The summed E-state index contributed by atoms with van der Waals surface area (Å²) >= 11 is 0. The van der Waals surface area contributed by atoms with Gasteiger partial charge in [-0.3, -0.25) is 0 Å². The topological polar surface area (TPSA) is 29.5 Å². The predicted molar refractivity (Wildman–Crippen MR) is 185 cm³/mol. The van der Waals surface area contributed by atoms with Crippen molar-refractivity contribution in [3.8, 4) is 0 Å². The van der Waals surface area contributed by atoms with Crippen molar-refractivity contribution in [3.05, 3.63) is 11.6 Å². The molecule has 3 saturated carbocycles. The van der Waals surface area contributed by atoms with E-state index in [0.29, 0.717) is 10.8 Å². The van der Waals surface area contributed by atoms with Crippen molar-refractivity contribution < 1.29 is 9.22 Å². The van der Waals surface area contributed by atoms with Crippen molar-refractivity contribution in [1.29, 1.82) is 0 Å². The van der Waals surface area contributed by atoms with Gasteiger partial charge >= 0.3 is 0 Å². The van der Waals surface area contributed by atoms with E-state index >= 15 is 0 Å². The Bertz CT molecular complexity index is 834. The second-order valence-corrected chi connectivity index (χ2v) is 26.2. The van der Waals surface area contributed by atoms with Gasteiger partial charge in [-0.1, -0.05) is 92.2 Å². The van der Waals surface area contributed by atoms with Crippen LogP contribution in [0.2, 0.25) is 38.3 Å². The van der Waals surface area contributed by atoms with E-state index in [0.717, 1.165) is 48.3 Å². The average molecular weight is 605 g/mol. The SMILES string of the molecule is CC(C)CCC[C@@H](C)[C@H]1CC[C@H]2[C@@H]3CC=C4C[C@@H](O)CC[C@]4(C)[C@H]3CC[C@]12C.CCC[Si](C)(C)O[Si](C)(C)CCC. The lowest BCUT2D eigenvalue weighted by Gasteiger charge is -2.58. The number of rotatable bonds is 11. The quantitative estimate of drug-likeness (QED) is 0.188. The molecule has 0 aromatic rings. The fraction of sp³-hybridized carbons (Fsp3) is 0.946. The molecule has 41 heavy (non-hydrogen) atoms. The van der Waals surface area contributed by atoms with Crippen LogP contribution in [0.3, 0.4) is 0 Å². The molecule has 0 heterocycles. The van der Waals surface area contributed by atoms with Crippen molar-refractivity contribution in [2.24, 2.45) is 46.3 Å². The van der Waals surface area contributed by atoms with Gasteiger partial charge in [0, 0.05) is 0 Å². The summed E-state index contributed by atoms with van der Waals surface area (Å²) in [6.45, 7) is 26.5. The number of fused-ring (bicyclic) bond motifs is 5. The highest BCUT2D eigenvalue weighted by Gasteiger charge is 2.59. The fourth-order valence-electron chi connectivity index (χ4n) is 10.7. The molecule has 4 heteroatoms. The second kappa shape index (κ2) is 14.5. The van der Waals surface area contributed by atoms with Gasteiger partial charge in [0.2, 0.25) is 0 Å². The number of aliphatic hydroxyl groups is 1. The zero-order valence-corrected chi connectivity index (χ0v) is 31.6. The van der Waals surface area contributed by atoms with E-state index in [1.807, 2.05) is 0 Å². The Hall–Kier alpha value is 0.0938. The van der Waals surface area contributed by atoms with Crippen LogP contribution in [0.15, 0.2) is 11.6 Å². The van der Waals surface area contributed by atoms with Crippen LogP contribution in [0.4, 0.5) is 0 Å². The van der Waals surface area contributed by atoms with E-state index in [4.69, 9.17) is 4.12 Å². The van der Waals surface area contributed by atoms with Gasteiger partial charge in [0.25, 0.3) is 0 Å². The molecule has 0 amide bonds. The van der Waals surface area contributed by atoms with E-state index in [1.54, 1.807) is 5.57 Å². The van der Waals surface area contributed by atoms with Crippen LogP contribution in [0.25, 0.3) is 0 Å². The Morgan fingerprint density at radius 2 is 1.51 bits per heavy atom. The molecule has 0 aromatic carbocycles. The van der Waals surface area contributed by atoms with E-state index in [1.165, 1.54) is 82.7 Å². The lowest BCUT2D eigenvalue weighted by atomic mass is 9.47. The summed E-state index contributed by atoms with van der Waals surface area (Å²) in [4.78, 5) is 0. The Labute approximate surface area is 259 Å². The van der Waals surface area contributed by atoms with Crippen LogP contribution >= 0.6 is 0 Å². The zero-order chi connectivity index (χ0) is 30.6. The maximum atomic E-state index is 10.2. The highest BCUT2D eigenvalue weighted by molar-refractivity contribution is 6.84. The molecule has 0 unspecified atom stereocenters. The monoisotopic (exact) mass is 605 g/mol.